The minimum atomic E-state index is -9.63. The maximum Gasteiger partial charge on any atom is 0.410 e. The van der Waals surface area contributed by atoms with Crippen LogP contribution < -0.4 is 0 Å². The van der Waals surface area contributed by atoms with Crippen molar-refractivity contribution in [2.45, 2.75) is 37.2 Å². The molecule has 2 rings (SSSR count). The fourth-order valence-electron chi connectivity index (χ4n) is 2.16. The van der Waals surface area contributed by atoms with Crippen LogP contribution in [-0.2, 0) is 4.74 Å². The van der Waals surface area contributed by atoms with Crippen molar-refractivity contribution >= 4 is 16.3 Å². The van der Waals surface area contributed by atoms with Crippen molar-refractivity contribution in [2.24, 2.45) is 0 Å². The first-order chi connectivity index (χ1) is 10.0. The number of carbonyl (C=O) groups is 1. The molecule has 0 unspecified atom stereocenters. The van der Waals surface area contributed by atoms with E-state index >= 15 is 0 Å². The van der Waals surface area contributed by atoms with Gasteiger partial charge in [0.25, 0.3) is 0 Å². The summed E-state index contributed by atoms with van der Waals surface area (Å²) in [5, 5.41) is 0. The molecule has 0 N–H and O–H groups in total. The number of rotatable bonds is 2. The average molecular weight is 359 g/mol. The van der Waals surface area contributed by atoms with Crippen molar-refractivity contribution in [3.8, 4) is 0 Å². The molecule has 1 aliphatic heterocycles. The van der Waals surface area contributed by atoms with Gasteiger partial charge in [-0.3, -0.25) is 0 Å². The Morgan fingerprint density at radius 2 is 1.57 bits per heavy atom. The van der Waals surface area contributed by atoms with Gasteiger partial charge in [0.1, 0.15) is 10.5 Å². The lowest BCUT2D eigenvalue weighted by Crippen LogP contribution is -2.50. The van der Waals surface area contributed by atoms with Crippen LogP contribution in [0.15, 0.2) is 29.2 Å². The van der Waals surface area contributed by atoms with E-state index in [-0.39, 0.29) is 19.0 Å². The van der Waals surface area contributed by atoms with E-state index in [1.54, 1.807) is 20.8 Å². The van der Waals surface area contributed by atoms with Gasteiger partial charge in [0.15, 0.2) is 0 Å². The third-order valence-corrected chi connectivity index (χ3v) is 4.49. The largest absolute Gasteiger partial charge is 0.444 e. The van der Waals surface area contributed by atoms with Gasteiger partial charge >= 0.3 is 16.3 Å². The summed E-state index contributed by atoms with van der Waals surface area (Å²) in [6.45, 7) is 5.73. The Morgan fingerprint density at radius 1 is 1.09 bits per heavy atom. The van der Waals surface area contributed by atoms with E-state index in [4.69, 9.17) is 4.74 Å². The fraction of sp³-hybridized carbons (Fsp3) is 0.500. The standard InChI is InChI=1S/C14H18F5NO2S/c1-14(2,3)22-13(21)20-8-11(9-20)10-4-6-12(7-5-10)23(15,16,17,18)19/h4-7,11H,8-9H2,1-3H3. The van der Waals surface area contributed by atoms with Crippen LogP contribution in [0.5, 0.6) is 0 Å². The molecule has 1 aliphatic rings. The van der Waals surface area contributed by atoms with Gasteiger partial charge < -0.3 is 9.64 Å². The zero-order chi connectivity index (χ0) is 17.7. The molecule has 0 aliphatic carbocycles. The third-order valence-electron chi connectivity index (χ3n) is 3.33. The van der Waals surface area contributed by atoms with Crippen LogP contribution in [0.3, 0.4) is 0 Å². The highest BCUT2D eigenvalue weighted by molar-refractivity contribution is 8.45. The van der Waals surface area contributed by atoms with Crippen LogP contribution in [0.25, 0.3) is 0 Å². The van der Waals surface area contributed by atoms with Crippen LogP contribution in [0.2, 0.25) is 0 Å². The second kappa shape index (κ2) is 4.52. The Bertz CT molecular complexity index is 615. The predicted molar refractivity (Wildman–Crippen MR) is 78.4 cm³/mol. The summed E-state index contributed by atoms with van der Waals surface area (Å²) in [4.78, 5) is 11.3. The number of likely N-dealkylation sites (tertiary alicyclic amines) is 1. The topological polar surface area (TPSA) is 29.5 Å². The minimum absolute atomic E-state index is 0.185. The van der Waals surface area contributed by atoms with Gasteiger partial charge in [0.2, 0.25) is 0 Å². The number of hydrogen-bond donors (Lipinski definition) is 0. The number of halogens is 5. The summed E-state index contributed by atoms with van der Waals surface area (Å²) in [5.74, 6) is -0.185. The van der Waals surface area contributed by atoms with Crippen LogP contribution in [0.1, 0.15) is 32.3 Å². The molecule has 0 saturated carbocycles. The number of carbonyl (C=O) groups excluding carboxylic acids is 1. The second-order valence-corrected chi connectivity index (χ2v) is 9.03. The molecule has 0 atom stereocenters. The molecule has 0 bridgehead atoms. The zero-order valence-corrected chi connectivity index (χ0v) is 13.7. The fourth-order valence-corrected chi connectivity index (χ4v) is 2.81. The molecule has 0 aromatic heterocycles. The minimum Gasteiger partial charge on any atom is -0.444 e. The molecule has 1 aromatic carbocycles. The number of ether oxygens (including phenoxy) is 1. The van der Waals surface area contributed by atoms with Crippen molar-refractivity contribution in [1.29, 1.82) is 0 Å². The van der Waals surface area contributed by atoms with Gasteiger partial charge in [-0.05, 0) is 38.5 Å². The summed E-state index contributed by atoms with van der Waals surface area (Å²) in [7, 11) is -9.63. The first-order valence-electron chi connectivity index (χ1n) is 6.87. The first kappa shape index (κ1) is 17.8. The summed E-state index contributed by atoms with van der Waals surface area (Å²) in [6, 6.07) is 2.86. The summed E-state index contributed by atoms with van der Waals surface area (Å²) in [5.41, 5.74) is -0.152. The Kier molecular flexibility index (Phi) is 3.51. The van der Waals surface area contributed by atoms with Crippen molar-refractivity contribution in [3.05, 3.63) is 29.8 Å². The SMILES string of the molecule is CC(C)(C)OC(=O)N1CC(c2ccc(S(F)(F)(F)(F)F)cc2)C1. The van der Waals surface area contributed by atoms with Crippen LogP contribution >= 0.6 is 10.2 Å². The Morgan fingerprint density at radius 3 is 1.96 bits per heavy atom. The first-order valence-corrected chi connectivity index (χ1v) is 8.82. The third kappa shape index (κ3) is 4.49. The highest BCUT2D eigenvalue weighted by Crippen LogP contribution is 3.02. The molecular weight excluding hydrogens is 341 g/mol. The van der Waals surface area contributed by atoms with E-state index in [1.807, 2.05) is 0 Å². The number of amides is 1. The van der Waals surface area contributed by atoms with Crippen LogP contribution in [-0.4, -0.2) is 29.7 Å². The molecule has 1 aromatic rings. The van der Waals surface area contributed by atoms with E-state index < -0.39 is 26.8 Å². The predicted octanol–water partition coefficient (Wildman–Crippen LogP) is 5.68. The zero-order valence-electron chi connectivity index (χ0n) is 12.9. The van der Waals surface area contributed by atoms with Gasteiger partial charge in [-0.15, -0.1) is 0 Å². The Balaban J connectivity index is 2.01. The van der Waals surface area contributed by atoms with Crippen LogP contribution in [0.4, 0.5) is 24.2 Å². The molecule has 1 fully saturated rings. The summed E-state index contributed by atoms with van der Waals surface area (Å²) in [6.07, 6.45) is -0.502. The molecule has 23 heavy (non-hydrogen) atoms. The van der Waals surface area contributed by atoms with E-state index in [0.29, 0.717) is 17.7 Å². The number of hydrogen-bond acceptors (Lipinski definition) is 2. The summed E-state index contributed by atoms with van der Waals surface area (Å²) < 4.78 is 68.3. The van der Waals surface area contributed by atoms with E-state index in [0.717, 1.165) is 12.1 Å². The van der Waals surface area contributed by atoms with Crippen molar-refractivity contribution in [2.75, 3.05) is 13.1 Å². The lowest BCUT2D eigenvalue weighted by Gasteiger charge is -2.42. The molecule has 1 saturated heterocycles. The van der Waals surface area contributed by atoms with Crippen molar-refractivity contribution < 1.29 is 29.0 Å². The number of nitrogens with zero attached hydrogens (tertiary/aromatic N) is 1. The van der Waals surface area contributed by atoms with E-state index in [1.165, 1.54) is 4.90 Å². The molecule has 132 valence electrons. The van der Waals surface area contributed by atoms with E-state index in [2.05, 4.69) is 0 Å². The maximum absolute atomic E-state index is 12.6. The molecular formula is C14H18F5NO2S. The van der Waals surface area contributed by atoms with E-state index in [9.17, 15) is 24.2 Å². The molecule has 1 amide bonds. The van der Waals surface area contributed by atoms with Gasteiger partial charge in [0, 0.05) is 19.0 Å². The van der Waals surface area contributed by atoms with Crippen LogP contribution in [0, 0.1) is 0 Å². The Labute approximate surface area is 131 Å². The molecule has 3 nitrogen and oxygen atoms in total. The van der Waals surface area contributed by atoms with Crippen molar-refractivity contribution in [1.82, 2.24) is 4.90 Å². The molecule has 9 heteroatoms. The van der Waals surface area contributed by atoms with Gasteiger partial charge in [-0.2, -0.15) is 0 Å². The normalized spacial score (nSPS) is 19.6. The van der Waals surface area contributed by atoms with Gasteiger partial charge in [-0.25, -0.2) is 4.79 Å². The quantitative estimate of drug-likeness (QED) is 0.636. The molecule has 1 heterocycles. The molecule has 0 radical (unpaired) electrons. The molecule has 0 spiro atoms. The van der Waals surface area contributed by atoms with Gasteiger partial charge in [-0.1, -0.05) is 31.6 Å². The summed E-state index contributed by atoms with van der Waals surface area (Å²) >= 11 is 0. The highest BCUT2D eigenvalue weighted by Gasteiger charge is 2.65. The van der Waals surface area contributed by atoms with Crippen molar-refractivity contribution in [3.63, 3.8) is 0 Å². The second-order valence-electron chi connectivity index (χ2n) is 6.62. The maximum atomic E-state index is 12.6. The Hall–Kier alpha value is -1.51. The smallest absolute Gasteiger partial charge is 0.410 e. The lowest BCUT2D eigenvalue weighted by molar-refractivity contribution is 0.00819. The monoisotopic (exact) mass is 359 g/mol. The highest BCUT2D eigenvalue weighted by atomic mass is 32.5. The lowest BCUT2D eigenvalue weighted by atomic mass is 9.92. The number of benzene rings is 1. The van der Waals surface area contributed by atoms with Gasteiger partial charge in [0.05, 0.1) is 0 Å². The average Bonchev–Trinajstić information content (AvgIpc) is 2.21.